The van der Waals surface area contributed by atoms with E-state index in [2.05, 4.69) is 14.8 Å². The topological polar surface area (TPSA) is 121 Å². The number of carbonyl (C=O) groups excluding carboxylic acids is 1. The van der Waals surface area contributed by atoms with Crippen LogP contribution >= 0.6 is 0 Å². The quantitative estimate of drug-likeness (QED) is 0.460. The Bertz CT molecular complexity index is 1120. The van der Waals surface area contributed by atoms with Crippen LogP contribution in [0, 0.1) is 5.82 Å². The fourth-order valence-electron chi connectivity index (χ4n) is 2.65. The van der Waals surface area contributed by atoms with Gasteiger partial charge in [0.15, 0.2) is 0 Å². The van der Waals surface area contributed by atoms with Crippen LogP contribution in [0.3, 0.4) is 0 Å². The molecule has 0 heterocycles. The minimum atomic E-state index is -3.86. The molecule has 1 amide bonds. The van der Waals surface area contributed by atoms with Gasteiger partial charge in [0.25, 0.3) is 0 Å². The summed E-state index contributed by atoms with van der Waals surface area (Å²) in [5, 5.41) is 2.55. The Morgan fingerprint density at radius 2 is 1.57 bits per heavy atom. The van der Waals surface area contributed by atoms with Crippen molar-refractivity contribution in [1.29, 1.82) is 0 Å². The number of halogens is 1. The normalized spacial score (nSPS) is 14.4. The Balaban J connectivity index is 1.48. The predicted octanol–water partition coefficient (Wildman–Crippen LogP) is 0.904. The largest absolute Gasteiger partial charge is 0.355 e. The van der Waals surface area contributed by atoms with Gasteiger partial charge >= 0.3 is 0 Å². The van der Waals surface area contributed by atoms with Crippen LogP contribution in [0.2, 0.25) is 0 Å². The van der Waals surface area contributed by atoms with E-state index < -0.39 is 25.9 Å². The lowest BCUT2D eigenvalue weighted by atomic mass is 10.1. The van der Waals surface area contributed by atoms with Crippen LogP contribution in [0.1, 0.15) is 18.4 Å². The summed E-state index contributed by atoms with van der Waals surface area (Å²) in [4.78, 5) is 11.8. The van der Waals surface area contributed by atoms with Crippen molar-refractivity contribution in [2.45, 2.75) is 35.1 Å². The molecule has 1 saturated carbocycles. The van der Waals surface area contributed by atoms with Crippen molar-refractivity contribution in [3.8, 4) is 0 Å². The minimum absolute atomic E-state index is 0.00189. The summed E-state index contributed by atoms with van der Waals surface area (Å²) < 4.78 is 66.9. The summed E-state index contributed by atoms with van der Waals surface area (Å²) in [5.74, 6) is -0.798. The molecule has 0 aromatic heterocycles. The molecule has 2 aromatic carbocycles. The van der Waals surface area contributed by atoms with Crippen molar-refractivity contribution in [3.05, 3.63) is 59.9 Å². The molecule has 0 aliphatic heterocycles. The van der Waals surface area contributed by atoms with E-state index in [1.165, 1.54) is 42.5 Å². The van der Waals surface area contributed by atoms with Crippen LogP contribution in [-0.4, -0.2) is 41.9 Å². The zero-order valence-electron chi connectivity index (χ0n) is 16.0. The molecule has 11 heteroatoms. The molecule has 0 saturated heterocycles. The summed E-state index contributed by atoms with van der Waals surface area (Å²) in [6, 6.07) is 10.5. The predicted molar refractivity (Wildman–Crippen MR) is 108 cm³/mol. The van der Waals surface area contributed by atoms with E-state index in [-0.39, 0.29) is 41.3 Å². The summed E-state index contributed by atoms with van der Waals surface area (Å²) in [6.45, 7) is -0.00827. The van der Waals surface area contributed by atoms with Crippen molar-refractivity contribution in [2.75, 3.05) is 13.1 Å². The molecule has 8 nitrogen and oxygen atoms in total. The van der Waals surface area contributed by atoms with E-state index >= 15 is 0 Å². The molecule has 30 heavy (non-hydrogen) atoms. The van der Waals surface area contributed by atoms with Crippen LogP contribution in [0.15, 0.2) is 58.3 Å². The van der Waals surface area contributed by atoms with Gasteiger partial charge in [0.1, 0.15) is 5.82 Å². The standard InChI is InChI=1S/C19H22FN3O5S2/c20-15-3-1-2-14(12-15)13-19(24)21-10-11-22-29(25,26)17-6-8-18(9-7-17)30(27,28)23-16-4-5-16/h1-3,6-9,12,16,22-23H,4-5,10-11,13H2,(H,21,24). The summed E-state index contributed by atoms with van der Waals surface area (Å²) in [5.41, 5.74) is 0.513. The molecular formula is C19H22FN3O5S2. The average molecular weight is 456 g/mol. The third-order valence-corrected chi connectivity index (χ3v) is 7.35. The van der Waals surface area contributed by atoms with E-state index in [9.17, 15) is 26.0 Å². The minimum Gasteiger partial charge on any atom is -0.355 e. The molecule has 0 atom stereocenters. The first-order valence-corrected chi connectivity index (χ1v) is 12.3. The molecule has 1 aliphatic rings. The van der Waals surface area contributed by atoms with Gasteiger partial charge in [0.2, 0.25) is 26.0 Å². The molecule has 3 N–H and O–H groups in total. The zero-order chi connectivity index (χ0) is 21.8. The number of rotatable bonds is 10. The Morgan fingerprint density at radius 1 is 0.933 bits per heavy atom. The van der Waals surface area contributed by atoms with E-state index in [1.54, 1.807) is 6.07 Å². The van der Waals surface area contributed by atoms with Crippen molar-refractivity contribution in [3.63, 3.8) is 0 Å². The highest BCUT2D eigenvalue weighted by molar-refractivity contribution is 7.90. The van der Waals surface area contributed by atoms with E-state index in [0.717, 1.165) is 12.8 Å². The smallest absolute Gasteiger partial charge is 0.240 e. The van der Waals surface area contributed by atoms with Crippen LogP contribution < -0.4 is 14.8 Å². The maximum Gasteiger partial charge on any atom is 0.240 e. The molecule has 0 bridgehead atoms. The van der Waals surface area contributed by atoms with Crippen molar-refractivity contribution in [2.24, 2.45) is 0 Å². The van der Waals surface area contributed by atoms with Gasteiger partial charge in [-0.15, -0.1) is 0 Å². The second-order valence-electron chi connectivity index (χ2n) is 6.92. The molecule has 0 spiro atoms. The first-order chi connectivity index (χ1) is 14.2. The molecule has 1 aliphatic carbocycles. The number of hydrogen-bond donors (Lipinski definition) is 3. The molecule has 162 valence electrons. The number of amides is 1. The summed E-state index contributed by atoms with van der Waals surface area (Å²) in [7, 11) is -7.52. The molecule has 0 unspecified atom stereocenters. The monoisotopic (exact) mass is 455 g/mol. The molecule has 0 radical (unpaired) electrons. The lowest BCUT2D eigenvalue weighted by Gasteiger charge is -2.09. The first kappa shape index (κ1) is 22.3. The second kappa shape index (κ2) is 9.21. The van der Waals surface area contributed by atoms with Gasteiger partial charge in [-0.3, -0.25) is 4.79 Å². The van der Waals surface area contributed by atoms with Crippen LogP contribution in [0.4, 0.5) is 4.39 Å². The van der Waals surface area contributed by atoms with Crippen molar-refractivity contribution < 1.29 is 26.0 Å². The number of nitrogens with one attached hydrogen (secondary N) is 3. The Morgan fingerprint density at radius 3 is 2.17 bits per heavy atom. The van der Waals surface area contributed by atoms with E-state index in [1.807, 2.05) is 0 Å². The van der Waals surface area contributed by atoms with Crippen molar-refractivity contribution in [1.82, 2.24) is 14.8 Å². The highest BCUT2D eigenvalue weighted by Crippen LogP contribution is 2.22. The SMILES string of the molecule is O=C(Cc1cccc(F)c1)NCCNS(=O)(=O)c1ccc(S(=O)(=O)NC2CC2)cc1. The fourth-order valence-corrected chi connectivity index (χ4v) is 4.99. The summed E-state index contributed by atoms with van der Waals surface area (Å²) >= 11 is 0. The van der Waals surface area contributed by atoms with Crippen LogP contribution in [0.5, 0.6) is 0 Å². The molecule has 1 fully saturated rings. The molecule has 3 rings (SSSR count). The third kappa shape index (κ3) is 6.33. The highest BCUT2D eigenvalue weighted by Gasteiger charge is 2.28. The number of carbonyl (C=O) groups is 1. The fraction of sp³-hybridized carbons (Fsp3) is 0.316. The lowest BCUT2D eigenvalue weighted by molar-refractivity contribution is -0.120. The molecular weight excluding hydrogens is 433 g/mol. The maximum atomic E-state index is 13.1. The Labute approximate surface area is 175 Å². The Hall–Kier alpha value is -2.34. The summed E-state index contributed by atoms with van der Waals surface area (Å²) in [6.07, 6.45) is 1.58. The number of sulfonamides is 2. The third-order valence-electron chi connectivity index (χ3n) is 4.34. The number of benzene rings is 2. The van der Waals surface area contributed by atoms with E-state index in [4.69, 9.17) is 0 Å². The van der Waals surface area contributed by atoms with Crippen LogP contribution in [0.25, 0.3) is 0 Å². The van der Waals surface area contributed by atoms with Gasteiger partial charge < -0.3 is 5.32 Å². The maximum absolute atomic E-state index is 13.1. The van der Waals surface area contributed by atoms with Gasteiger partial charge in [-0.25, -0.2) is 30.7 Å². The van der Waals surface area contributed by atoms with Gasteiger partial charge in [-0.05, 0) is 54.8 Å². The zero-order valence-corrected chi connectivity index (χ0v) is 17.6. The molecule has 2 aromatic rings. The first-order valence-electron chi connectivity index (χ1n) is 9.29. The van der Waals surface area contributed by atoms with E-state index in [0.29, 0.717) is 5.56 Å². The number of hydrogen-bond acceptors (Lipinski definition) is 5. The van der Waals surface area contributed by atoms with Crippen LogP contribution in [-0.2, 0) is 31.3 Å². The highest BCUT2D eigenvalue weighted by atomic mass is 32.2. The second-order valence-corrected chi connectivity index (χ2v) is 10.4. The van der Waals surface area contributed by atoms with Gasteiger partial charge in [-0.1, -0.05) is 12.1 Å². The lowest BCUT2D eigenvalue weighted by Crippen LogP contribution is -2.35. The van der Waals surface area contributed by atoms with Crippen molar-refractivity contribution >= 4 is 26.0 Å². The van der Waals surface area contributed by atoms with Gasteiger partial charge in [0, 0.05) is 19.1 Å². The van der Waals surface area contributed by atoms with Gasteiger partial charge in [0.05, 0.1) is 16.2 Å². The Kier molecular flexibility index (Phi) is 6.86. The van der Waals surface area contributed by atoms with Gasteiger partial charge in [-0.2, -0.15) is 0 Å². The average Bonchev–Trinajstić information content (AvgIpc) is 3.49.